The van der Waals surface area contributed by atoms with Crippen LogP contribution in [-0.4, -0.2) is 95.0 Å². The number of aromatic nitrogens is 4. The summed E-state index contributed by atoms with van der Waals surface area (Å²) in [6.45, 7) is 8.71. The molecule has 4 rings (SSSR count). The van der Waals surface area contributed by atoms with E-state index in [-0.39, 0.29) is 5.91 Å². The van der Waals surface area contributed by atoms with Crippen LogP contribution in [0.1, 0.15) is 16.2 Å². The van der Waals surface area contributed by atoms with Crippen LogP contribution < -0.4 is 9.80 Å². The van der Waals surface area contributed by atoms with Crippen molar-refractivity contribution in [2.75, 3.05) is 69.2 Å². The van der Waals surface area contributed by atoms with Crippen molar-refractivity contribution in [3.63, 3.8) is 0 Å². The summed E-state index contributed by atoms with van der Waals surface area (Å²) in [6.07, 6.45) is 4.63. The van der Waals surface area contributed by atoms with Crippen molar-refractivity contribution in [1.29, 1.82) is 0 Å². The first-order valence-corrected chi connectivity index (χ1v) is 9.69. The molecule has 0 N–H and O–H groups in total. The number of rotatable bonds is 3. The van der Waals surface area contributed by atoms with E-state index in [0.717, 1.165) is 43.6 Å². The number of aryl methyl sites for hydroxylation is 1. The normalized spacial score (nSPS) is 18.4. The Morgan fingerprint density at radius 1 is 0.929 bits per heavy atom. The fourth-order valence-electron chi connectivity index (χ4n) is 3.56. The largest absolute Gasteiger partial charge is 0.354 e. The monoisotopic (exact) mass is 382 g/mol. The lowest BCUT2D eigenvalue weighted by molar-refractivity contribution is 0.0740. The zero-order valence-corrected chi connectivity index (χ0v) is 16.5. The van der Waals surface area contributed by atoms with Crippen LogP contribution in [-0.2, 0) is 0 Å². The quantitative estimate of drug-likeness (QED) is 0.749. The number of hydrogen-bond donors (Lipinski definition) is 0. The predicted molar refractivity (Wildman–Crippen MR) is 107 cm³/mol. The lowest BCUT2D eigenvalue weighted by Gasteiger charge is -2.36. The SMILES string of the molecule is Cc1cc(N2CCN(C)CC2)nc(N2CCN(C(=O)c3cnccn3)CC2)n1. The molecule has 4 heterocycles. The lowest BCUT2D eigenvalue weighted by atomic mass is 10.3. The standard InChI is InChI=1S/C19H26N8O/c1-15-13-17(25-7-5-24(2)6-8-25)23-19(22-15)27-11-9-26(10-12-27)18(28)16-14-20-3-4-21-16/h3-4,13-14H,5-12H2,1-2H3. The van der Waals surface area contributed by atoms with Gasteiger partial charge in [-0.3, -0.25) is 9.78 Å². The summed E-state index contributed by atoms with van der Waals surface area (Å²) in [4.78, 5) is 38.8. The average Bonchev–Trinajstić information content (AvgIpc) is 2.74. The highest BCUT2D eigenvalue weighted by Gasteiger charge is 2.25. The maximum Gasteiger partial charge on any atom is 0.274 e. The topological polar surface area (TPSA) is 81.6 Å². The van der Waals surface area contributed by atoms with E-state index in [1.165, 1.54) is 6.20 Å². The van der Waals surface area contributed by atoms with E-state index in [4.69, 9.17) is 4.98 Å². The summed E-state index contributed by atoms with van der Waals surface area (Å²) < 4.78 is 0. The van der Waals surface area contributed by atoms with Crippen LogP contribution in [0.3, 0.4) is 0 Å². The van der Waals surface area contributed by atoms with E-state index >= 15 is 0 Å². The molecule has 0 radical (unpaired) electrons. The smallest absolute Gasteiger partial charge is 0.274 e. The summed E-state index contributed by atoms with van der Waals surface area (Å²) in [5.41, 5.74) is 1.36. The minimum atomic E-state index is -0.0731. The Morgan fingerprint density at radius 3 is 2.32 bits per heavy atom. The molecule has 2 aliphatic heterocycles. The van der Waals surface area contributed by atoms with Crippen LogP contribution >= 0.6 is 0 Å². The lowest BCUT2D eigenvalue weighted by Crippen LogP contribution is -2.49. The number of piperazine rings is 2. The molecule has 9 heteroatoms. The molecule has 9 nitrogen and oxygen atoms in total. The van der Waals surface area contributed by atoms with Gasteiger partial charge < -0.3 is 19.6 Å². The van der Waals surface area contributed by atoms with Gasteiger partial charge in [0.25, 0.3) is 5.91 Å². The Balaban J connectivity index is 1.42. The Labute approximate surface area is 165 Å². The highest BCUT2D eigenvalue weighted by Crippen LogP contribution is 2.20. The second-order valence-corrected chi connectivity index (χ2v) is 7.33. The van der Waals surface area contributed by atoms with E-state index in [9.17, 15) is 4.79 Å². The van der Waals surface area contributed by atoms with Gasteiger partial charge in [0.1, 0.15) is 11.5 Å². The van der Waals surface area contributed by atoms with Crippen molar-refractivity contribution in [2.24, 2.45) is 0 Å². The van der Waals surface area contributed by atoms with Crippen molar-refractivity contribution in [1.82, 2.24) is 29.7 Å². The van der Waals surface area contributed by atoms with Gasteiger partial charge in [0, 0.05) is 76.5 Å². The van der Waals surface area contributed by atoms with Crippen molar-refractivity contribution in [3.8, 4) is 0 Å². The fourth-order valence-corrected chi connectivity index (χ4v) is 3.56. The van der Waals surface area contributed by atoms with Crippen LogP contribution in [0.5, 0.6) is 0 Å². The number of carbonyl (C=O) groups is 1. The number of hydrogen-bond acceptors (Lipinski definition) is 8. The Morgan fingerprint density at radius 2 is 1.64 bits per heavy atom. The summed E-state index contributed by atoms with van der Waals surface area (Å²) in [5.74, 6) is 1.67. The molecule has 0 unspecified atom stereocenters. The van der Waals surface area contributed by atoms with Crippen LogP contribution in [0.2, 0.25) is 0 Å². The van der Waals surface area contributed by atoms with Crippen molar-refractivity contribution in [2.45, 2.75) is 6.92 Å². The molecule has 2 aromatic heterocycles. The molecule has 2 aromatic rings. The molecule has 0 spiro atoms. The van der Waals surface area contributed by atoms with Crippen LogP contribution in [0, 0.1) is 6.92 Å². The van der Waals surface area contributed by atoms with Crippen molar-refractivity contribution < 1.29 is 4.79 Å². The first kappa shape index (κ1) is 18.5. The van der Waals surface area contributed by atoms with Gasteiger partial charge in [-0.05, 0) is 14.0 Å². The fraction of sp³-hybridized carbons (Fsp3) is 0.526. The number of carbonyl (C=O) groups excluding carboxylic acids is 1. The molecule has 1 amide bonds. The van der Waals surface area contributed by atoms with Gasteiger partial charge in [0.15, 0.2) is 0 Å². The number of anilines is 2. The highest BCUT2D eigenvalue weighted by molar-refractivity contribution is 5.92. The minimum Gasteiger partial charge on any atom is -0.354 e. The van der Waals surface area contributed by atoms with E-state index in [2.05, 4.69) is 42.8 Å². The van der Waals surface area contributed by atoms with Gasteiger partial charge >= 0.3 is 0 Å². The van der Waals surface area contributed by atoms with E-state index < -0.39 is 0 Å². The number of likely N-dealkylation sites (N-methyl/N-ethyl adjacent to an activating group) is 1. The number of nitrogens with zero attached hydrogens (tertiary/aromatic N) is 8. The van der Waals surface area contributed by atoms with Gasteiger partial charge in [-0.15, -0.1) is 0 Å². The van der Waals surface area contributed by atoms with Crippen LogP contribution in [0.25, 0.3) is 0 Å². The van der Waals surface area contributed by atoms with Gasteiger partial charge in [0.05, 0.1) is 6.20 Å². The van der Waals surface area contributed by atoms with Gasteiger partial charge in [-0.25, -0.2) is 9.97 Å². The van der Waals surface area contributed by atoms with Gasteiger partial charge in [-0.2, -0.15) is 4.98 Å². The molecule has 0 aliphatic carbocycles. The minimum absolute atomic E-state index is 0.0731. The maximum atomic E-state index is 12.5. The van der Waals surface area contributed by atoms with E-state index in [1.807, 2.05) is 11.8 Å². The first-order valence-electron chi connectivity index (χ1n) is 9.69. The van der Waals surface area contributed by atoms with E-state index in [0.29, 0.717) is 31.9 Å². The zero-order valence-electron chi connectivity index (χ0n) is 16.5. The molecule has 2 fully saturated rings. The van der Waals surface area contributed by atoms with Gasteiger partial charge in [0.2, 0.25) is 5.95 Å². The highest BCUT2D eigenvalue weighted by atomic mass is 16.2. The molecule has 28 heavy (non-hydrogen) atoms. The molecule has 0 aromatic carbocycles. The Hall–Kier alpha value is -2.81. The molecule has 0 atom stereocenters. The van der Waals surface area contributed by atoms with E-state index in [1.54, 1.807) is 12.4 Å². The summed E-state index contributed by atoms with van der Waals surface area (Å²) >= 11 is 0. The number of amides is 1. The third-order valence-corrected chi connectivity index (χ3v) is 5.29. The van der Waals surface area contributed by atoms with Gasteiger partial charge in [-0.1, -0.05) is 0 Å². The molecule has 148 valence electrons. The summed E-state index contributed by atoms with van der Waals surface area (Å²) in [6, 6.07) is 2.06. The zero-order chi connectivity index (χ0) is 19.5. The summed E-state index contributed by atoms with van der Waals surface area (Å²) in [7, 11) is 2.15. The first-order chi connectivity index (χ1) is 13.6. The van der Waals surface area contributed by atoms with Crippen LogP contribution in [0.4, 0.5) is 11.8 Å². The maximum absolute atomic E-state index is 12.5. The molecular weight excluding hydrogens is 356 g/mol. The van der Waals surface area contributed by atoms with Crippen LogP contribution in [0.15, 0.2) is 24.7 Å². The predicted octanol–water partition coefficient (Wildman–Crippen LogP) is 0.289. The second kappa shape index (κ2) is 8.05. The molecule has 0 bridgehead atoms. The van der Waals surface area contributed by atoms with Crippen molar-refractivity contribution in [3.05, 3.63) is 36.0 Å². The Kier molecular flexibility index (Phi) is 5.34. The summed E-state index contributed by atoms with van der Waals surface area (Å²) in [5, 5.41) is 0. The molecular formula is C19H26N8O. The third kappa shape index (κ3) is 4.04. The van der Waals surface area contributed by atoms with Crippen molar-refractivity contribution >= 4 is 17.7 Å². The molecule has 2 aliphatic rings. The average molecular weight is 382 g/mol. The molecule has 0 saturated carbocycles. The Bertz CT molecular complexity index is 814. The second-order valence-electron chi connectivity index (χ2n) is 7.33. The third-order valence-electron chi connectivity index (χ3n) is 5.29. The molecule has 2 saturated heterocycles.